The van der Waals surface area contributed by atoms with Crippen molar-refractivity contribution in [3.05, 3.63) is 23.8 Å². The van der Waals surface area contributed by atoms with Crippen molar-refractivity contribution in [1.82, 2.24) is 9.80 Å². The first-order valence-electron chi connectivity index (χ1n) is 9.67. The Morgan fingerprint density at radius 3 is 2.29 bits per heavy atom. The molecule has 31 heavy (non-hydrogen) atoms. The third-order valence-electron chi connectivity index (χ3n) is 4.90. The quantitative estimate of drug-likeness (QED) is 0.686. The Morgan fingerprint density at radius 2 is 1.77 bits per heavy atom. The molecule has 1 aromatic rings. The fourth-order valence-electron chi connectivity index (χ4n) is 2.90. The summed E-state index contributed by atoms with van der Waals surface area (Å²) in [5.41, 5.74) is -0.659. The second kappa shape index (κ2) is 9.63. The summed E-state index contributed by atoms with van der Waals surface area (Å²) >= 11 is 0. The van der Waals surface area contributed by atoms with Gasteiger partial charge in [0.05, 0.1) is 7.11 Å². The predicted molar refractivity (Wildman–Crippen MR) is 104 cm³/mol. The highest BCUT2D eigenvalue weighted by Crippen LogP contribution is 2.28. The van der Waals surface area contributed by atoms with Crippen LogP contribution in [-0.4, -0.2) is 78.1 Å². The van der Waals surface area contributed by atoms with Crippen molar-refractivity contribution < 1.29 is 42.1 Å². The maximum atomic E-state index is 12.6. The van der Waals surface area contributed by atoms with Gasteiger partial charge in [0, 0.05) is 38.3 Å². The van der Waals surface area contributed by atoms with Crippen LogP contribution < -0.4 is 9.47 Å². The normalized spacial score (nSPS) is 16.5. The molecule has 1 aromatic carbocycles. The maximum absolute atomic E-state index is 12.6. The van der Waals surface area contributed by atoms with E-state index in [4.69, 9.17) is 9.47 Å². The van der Waals surface area contributed by atoms with Gasteiger partial charge < -0.3 is 24.2 Å². The van der Waals surface area contributed by atoms with Crippen LogP contribution in [0.15, 0.2) is 18.2 Å². The molecular weight excluding hydrogens is 421 g/mol. The number of carbonyl (C=O) groups excluding carboxylic acids is 1. The van der Waals surface area contributed by atoms with E-state index in [1.54, 1.807) is 18.2 Å². The third-order valence-corrected chi connectivity index (χ3v) is 4.90. The molecule has 0 radical (unpaired) electrons. The van der Waals surface area contributed by atoms with Gasteiger partial charge in [0.2, 0.25) is 0 Å². The Bertz CT molecular complexity index is 792. The summed E-state index contributed by atoms with van der Waals surface area (Å²) in [6.07, 6.45) is -7.76. The van der Waals surface area contributed by atoms with Crippen LogP contribution in [0.2, 0.25) is 0 Å². The van der Waals surface area contributed by atoms with Gasteiger partial charge in [0.15, 0.2) is 11.7 Å². The smallest absolute Gasteiger partial charge is 0.425 e. The first kappa shape index (κ1) is 24.6. The topological polar surface area (TPSA) is 88.5 Å². The van der Waals surface area contributed by atoms with Gasteiger partial charge in [0.1, 0.15) is 11.5 Å². The van der Waals surface area contributed by atoms with Crippen LogP contribution in [0.3, 0.4) is 0 Å². The molecule has 0 bridgehead atoms. The molecule has 174 valence electrons. The second-order valence-electron chi connectivity index (χ2n) is 7.72. The largest absolute Gasteiger partial charge is 0.496 e. The number of hydrogen-bond acceptors (Lipinski definition) is 6. The molecule has 0 aromatic heterocycles. The van der Waals surface area contributed by atoms with Crippen molar-refractivity contribution in [3.8, 4) is 11.5 Å². The number of alkyl halides is 3. The number of rotatable bonds is 7. The number of carbonyl (C=O) groups is 2. The van der Waals surface area contributed by atoms with Gasteiger partial charge in [-0.3, -0.25) is 4.90 Å². The van der Waals surface area contributed by atoms with Crippen LogP contribution in [0.1, 0.15) is 26.3 Å². The van der Waals surface area contributed by atoms with E-state index in [2.05, 4.69) is 4.74 Å². The van der Waals surface area contributed by atoms with E-state index in [-0.39, 0.29) is 13.1 Å². The minimum atomic E-state index is -4.60. The standard InChI is InChI=1S/C20H27F3N2O6/c1-13(20(21,22)23)30-18(28)25-9-7-24(8-10-25)12-14-11-15(5-6-16(14)29-4)31-19(2,3)17(26)27/h5-6,11,13H,7-10,12H2,1-4H3,(H,26,27). The minimum absolute atomic E-state index is 0.216. The average molecular weight is 448 g/mol. The van der Waals surface area contributed by atoms with Crippen LogP contribution in [-0.2, 0) is 16.1 Å². The summed E-state index contributed by atoms with van der Waals surface area (Å²) in [4.78, 5) is 26.5. The lowest BCUT2D eigenvalue weighted by Gasteiger charge is -2.35. The van der Waals surface area contributed by atoms with E-state index in [1.807, 2.05) is 4.90 Å². The van der Waals surface area contributed by atoms with Crippen molar-refractivity contribution in [3.63, 3.8) is 0 Å². The number of ether oxygens (including phenoxy) is 3. The molecule has 1 unspecified atom stereocenters. The molecule has 1 N–H and O–H groups in total. The van der Waals surface area contributed by atoms with Crippen molar-refractivity contribution >= 4 is 12.1 Å². The number of benzene rings is 1. The van der Waals surface area contributed by atoms with E-state index in [0.29, 0.717) is 31.1 Å². The molecule has 0 spiro atoms. The lowest BCUT2D eigenvalue weighted by atomic mass is 10.1. The van der Waals surface area contributed by atoms with Crippen molar-refractivity contribution in [2.45, 2.75) is 45.2 Å². The first-order chi connectivity index (χ1) is 14.3. The highest BCUT2D eigenvalue weighted by molar-refractivity contribution is 5.76. The Kier molecular flexibility index (Phi) is 7.63. The summed E-state index contributed by atoms with van der Waals surface area (Å²) in [5.74, 6) is -0.152. The summed E-state index contributed by atoms with van der Waals surface area (Å²) in [7, 11) is 1.51. The van der Waals surface area contributed by atoms with Gasteiger partial charge >= 0.3 is 18.2 Å². The number of piperazine rings is 1. The molecule has 2 rings (SSSR count). The molecule has 8 nitrogen and oxygen atoms in total. The van der Waals surface area contributed by atoms with E-state index in [0.717, 1.165) is 12.5 Å². The molecule has 0 saturated carbocycles. The second-order valence-corrected chi connectivity index (χ2v) is 7.72. The molecule has 0 aliphatic carbocycles. The number of halogens is 3. The Hall–Kier alpha value is -2.69. The minimum Gasteiger partial charge on any atom is -0.496 e. The molecular formula is C20H27F3N2O6. The van der Waals surface area contributed by atoms with E-state index >= 15 is 0 Å². The van der Waals surface area contributed by atoms with Crippen LogP contribution in [0.5, 0.6) is 11.5 Å². The molecule has 1 heterocycles. The zero-order chi connectivity index (χ0) is 23.4. The number of methoxy groups -OCH3 is 1. The Morgan fingerprint density at radius 1 is 1.16 bits per heavy atom. The molecule has 1 saturated heterocycles. The van der Waals surface area contributed by atoms with Gasteiger partial charge in [-0.1, -0.05) is 0 Å². The third kappa shape index (κ3) is 6.65. The Labute approximate surface area is 178 Å². The van der Waals surface area contributed by atoms with Crippen LogP contribution >= 0.6 is 0 Å². The average Bonchev–Trinajstić information content (AvgIpc) is 2.67. The van der Waals surface area contributed by atoms with E-state index in [1.165, 1.54) is 25.9 Å². The van der Waals surface area contributed by atoms with Crippen molar-refractivity contribution in [2.75, 3.05) is 33.3 Å². The highest BCUT2D eigenvalue weighted by Gasteiger charge is 2.40. The summed E-state index contributed by atoms with van der Waals surface area (Å²) < 4.78 is 53.1. The van der Waals surface area contributed by atoms with Crippen LogP contribution in [0, 0.1) is 0 Å². The lowest BCUT2D eigenvalue weighted by molar-refractivity contribution is -0.200. The highest BCUT2D eigenvalue weighted by atomic mass is 19.4. The van der Waals surface area contributed by atoms with Gasteiger partial charge in [-0.05, 0) is 39.0 Å². The predicted octanol–water partition coefficient (Wildman–Crippen LogP) is 3.14. The maximum Gasteiger partial charge on any atom is 0.425 e. The van der Waals surface area contributed by atoms with Gasteiger partial charge in [-0.2, -0.15) is 13.2 Å². The molecule has 11 heteroatoms. The number of amides is 1. The number of aliphatic carboxylic acids is 1. The molecule has 1 aliphatic rings. The first-order valence-corrected chi connectivity index (χ1v) is 9.67. The molecule has 1 atom stereocenters. The number of carboxylic acids is 1. The molecule has 1 aliphatic heterocycles. The van der Waals surface area contributed by atoms with Crippen LogP contribution in [0.25, 0.3) is 0 Å². The van der Waals surface area contributed by atoms with Crippen molar-refractivity contribution in [2.24, 2.45) is 0 Å². The fourth-order valence-corrected chi connectivity index (χ4v) is 2.90. The number of carboxylic acid groups (broad SMARTS) is 1. The van der Waals surface area contributed by atoms with Crippen molar-refractivity contribution in [1.29, 1.82) is 0 Å². The lowest BCUT2D eigenvalue weighted by Crippen LogP contribution is -2.49. The zero-order valence-electron chi connectivity index (χ0n) is 17.9. The fraction of sp³-hybridized carbons (Fsp3) is 0.600. The zero-order valence-corrected chi connectivity index (χ0v) is 17.9. The number of nitrogens with zero attached hydrogens (tertiary/aromatic N) is 2. The van der Waals surface area contributed by atoms with Gasteiger partial charge in [-0.15, -0.1) is 0 Å². The summed E-state index contributed by atoms with van der Waals surface area (Å²) in [6, 6.07) is 4.98. The van der Waals surface area contributed by atoms with Crippen LogP contribution in [0.4, 0.5) is 18.0 Å². The molecule has 1 amide bonds. The van der Waals surface area contributed by atoms with Gasteiger partial charge in [0.25, 0.3) is 0 Å². The Balaban J connectivity index is 1.99. The van der Waals surface area contributed by atoms with Gasteiger partial charge in [-0.25, -0.2) is 9.59 Å². The summed E-state index contributed by atoms with van der Waals surface area (Å²) in [5, 5.41) is 9.24. The summed E-state index contributed by atoms with van der Waals surface area (Å²) in [6.45, 7) is 5.38. The SMILES string of the molecule is COc1ccc(OC(C)(C)C(=O)O)cc1CN1CCN(C(=O)OC(C)C(F)(F)F)CC1. The van der Waals surface area contributed by atoms with E-state index < -0.39 is 29.9 Å². The number of hydrogen-bond donors (Lipinski definition) is 1. The van der Waals surface area contributed by atoms with E-state index in [9.17, 15) is 27.9 Å². The molecule has 1 fully saturated rings. The monoisotopic (exact) mass is 448 g/mol.